The molecule has 164 valence electrons. The third-order valence-corrected chi connectivity index (χ3v) is 7.18. The molecule has 11 heteroatoms. The molecule has 0 aliphatic rings. The number of nitrogens with zero attached hydrogens (tertiary/aromatic N) is 2. The van der Waals surface area contributed by atoms with Crippen molar-refractivity contribution < 1.29 is 13.2 Å². The van der Waals surface area contributed by atoms with Crippen LogP contribution in [0.3, 0.4) is 0 Å². The summed E-state index contributed by atoms with van der Waals surface area (Å²) in [6, 6.07) is 9.30. The average Bonchev–Trinajstić information content (AvgIpc) is 2.72. The van der Waals surface area contributed by atoms with E-state index in [0.717, 1.165) is 14.6 Å². The number of sulfonamides is 1. The molecule has 1 heterocycles. The van der Waals surface area contributed by atoms with Crippen molar-refractivity contribution in [2.45, 2.75) is 18.2 Å². The van der Waals surface area contributed by atoms with Gasteiger partial charge in [0.1, 0.15) is 0 Å². The highest BCUT2D eigenvalue weighted by Gasteiger charge is 2.17. The second kappa shape index (κ2) is 8.77. The fourth-order valence-electron chi connectivity index (χ4n) is 3.07. The molecule has 9 nitrogen and oxygen atoms in total. The maximum absolute atomic E-state index is 12.6. The maximum Gasteiger partial charge on any atom is 0.330 e. The van der Waals surface area contributed by atoms with E-state index in [-0.39, 0.29) is 29.2 Å². The lowest BCUT2D eigenvalue weighted by Gasteiger charge is -2.11. The summed E-state index contributed by atoms with van der Waals surface area (Å²) >= 11 is 3.39. The summed E-state index contributed by atoms with van der Waals surface area (Å²) < 4.78 is 30.7. The van der Waals surface area contributed by atoms with E-state index in [9.17, 15) is 22.8 Å². The molecule has 0 aliphatic carbocycles. The highest BCUT2D eigenvalue weighted by atomic mass is 79.9. The number of carbonyl (C=O) groups is 1. The van der Waals surface area contributed by atoms with Crippen molar-refractivity contribution >= 4 is 48.5 Å². The molecule has 3 aromatic rings. The largest absolute Gasteiger partial charge is 0.330 e. The van der Waals surface area contributed by atoms with Crippen LogP contribution in [0.5, 0.6) is 0 Å². The van der Waals surface area contributed by atoms with Gasteiger partial charge in [0.05, 0.1) is 15.8 Å². The van der Waals surface area contributed by atoms with E-state index in [1.165, 1.54) is 36.9 Å². The minimum absolute atomic E-state index is 0.0712. The van der Waals surface area contributed by atoms with Gasteiger partial charge in [-0.15, -0.1) is 0 Å². The zero-order chi connectivity index (χ0) is 22.9. The molecule has 1 aromatic heterocycles. The monoisotopic (exact) mass is 508 g/mol. The predicted molar refractivity (Wildman–Crippen MR) is 122 cm³/mol. The number of aromatic nitrogens is 2. The lowest BCUT2D eigenvalue weighted by molar-refractivity contribution is -0.116. The summed E-state index contributed by atoms with van der Waals surface area (Å²) in [6.07, 6.45) is -0.0712. The summed E-state index contributed by atoms with van der Waals surface area (Å²) in [7, 11) is -1.13. The van der Waals surface area contributed by atoms with E-state index in [0.29, 0.717) is 11.2 Å². The van der Waals surface area contributed by atoms with Gasteiger partial charge in [0.25, 0.3) is 5.56 Å². The SMILES string of the molecule is Cc1cc(NC(=O)CCNS(=O)(=O)c2ccc3c(c2)c(=O)n(C)c(=O)n3C)ccc1Br. The number of rotatable bonds is 6. The van der Waals surface area contributed by atoms with Crippen molar-refractivity contribution in [1.82, 2.24) is 13.9 Å². The van der Waals surface area contributed by atoms with Crippen LogP contribution in [0.4, 0.5) is 5.69 Å². The van der Waals surface area contributed by atoms with E-state index >= 15 is 0 Å². The molecular formula is C20H21BrN4O5S. The zero-order valence-electron chi connectivity index (χ0n) is 17.1. The Morgan fingerprint density at radius 2 is 1.77 bits per heavy atom. The first kappa shape index (κ1) is 22.9. The first-order valence-electron chi connectivity index (χ1n) is 9.26. The molecule has 0 unspecified atom stereocenters. The minimum atomic E-state index is -3.96. The van der Waals surface area contributed by atoms with Crippen LogP contribution in [0.25, 0.3) is 10.9 Å². The van der Waals surface area contributed by atoms with Crippen LogP contribution >= 0.6 is 15.9 Å². The number of benzene rings is 2. The van der Waals surface area contributed by atoms with Crippen molar-refractivity contribution in [3.8, 4) is 0 Å². The maximum atomic E-state index is 12.6. The lowest BCUT2D eigenvalue weighted by Crippen LogP contribution is -2.37. The van der Waals surface area contributed by atoms with Gasteiger partial charge < -0.3 is 5.32 Å². The first-order chi connectivity index (χ1) is 14.5. The molecule has 0 atom stereocenters. The molecule has 3 rings (SSSR count). The van der Waals surface area contributed by atoms with Crippen molar-refractivity contribution in [2.24, 2.45) is 14.1 Å². The van der Waals surface area contributed by atoms with E-state index in [1.54, 1.807) is 12.1 Å². The van der Waals surface area contributed by atoms with E-state index in [4.69, 9.17) is 0 Å². The van der Waals surface area contributed by atoms with Crippen molar-refractivity contribution in [2.75, 3.05) is 11.9 Å². The summed E-state index contributed by atoms with van der Waals surface area (Å²) in [5.41, 5.74) is 0.816. The number of nitrogens with one attached hydrogen (secondary N) is 2. The molecular weight excluding hydrogens is 488 g/mol. The molecule has 2 N–H and O–H groups in total. The highest BCUT2D eigenvalue weighted by Crippen LogP contribution is 2.20. The summed E-state index contributed by atoms with van der Waals surface area (Å²) in [5.74, 6) is -0.341. The molecule has 2 aromatic carbocycles. The number of aryl methyl sites for hydroxylation is 2. The van der Waals surface area contributed by atoms with Gasteiger partial charge in [-0.2, -0.15) is 0 Å². The normalized spacial score (nSPS) is 11.6. The van der Waals surface area contributed by atoms with E-state index < -0.39 is 21.3 Å². The zero-order valence-corrected chi connectivity index (χ0v) is 19.5. The molecule has 0 fully saturated rings. The topological polar surface area (TPSA) is 119 Å². The smallest absolute Gasteiger partial charge is 0.326 e. The molecule has 0 saturated carbocycles. The van der Waals surface area contributed by atoms with Crippen LogP contribution in [-0.4, -0.2) is 30.0 Å². The third-order valence-electron chi connectivity index (χ3n) is 4.83. The molecule has 0 aliphatic heterocycles. The first-order valence-corrected chi connectivity index (χ1v) is 11.5. The molecule has 31 heavy (non-hydrogen) atoms. The van der Waals surface area contributed by atoms with Crippen molar-refractivity contribution in [1.29, 1.82) is 0 Å². The molecule has 0 bridgehead atoms. The number of hydrogen-bond donors (Lipinski definition) is 2. The number of carbonyl (C=O) groups excluding carboxylic acids is 1. The predicted octanol–water partition coefficient (Wildman–Crippen LogP) is 1.62. The van der Waals surface area contributed by atoms with Gasteiger partial charge >= 0.3 is 5.69 Å². The Kier molecular flexibility index (Phi) is 6.48. The van der Waals surface area contributed by atoms with Crippen LogP contribution in [0.1, 0.15) is 12.0 Å². The fourth-order valence-corrected chi connectivity index (χ4v) is 4.37. The van der Waals surface area contributed by atoms with Gasteiger partial charge in [-0.1, -0.05) is 15.9 Å². The lowest BCUT2D eigenvalue weighted by atomic mass is 10.2. The number of fused-ring (bicyclic) bond motifs is 1. The Labute approximate surface area is 186 Å². The van der Waals surface area contributed by atoms with Gasteiger partial charge in [-0.25, -0.2) is 17.9 Å². The van der Waals surface area contributed by atoms with Crippen molar-refractivity contribution in [3.63, 3.8) is 0 Å². The Hall–Kier alpha value is -2.76. The van der Waals surface area contributed by atoms with Gasteiger partial charge in [-0.05, 0) is 48.9 Å². The number of halogens is 1. The van der Waals surface area contributed by atoms with Crippen molar-refractivity contribution in [3.05, 3.63) is 67.3 Å². The molecule has 1 amide bonds. The molecule has 0 saturated heterocycles. The Morgan fingerprint density at radius 1 is 1.06 bits per heavy atom. The molecule has 0 spiro atoms. The van der Waals surface area contributed by atoms with E-state index in [1.807, 2.05) is 13.0 Å². The fraction of sp³-hybridized carbons (Fsp3) is 0.250. The summed E-state index contributed by atoms with van der Waals surface area (Å²) in [5, 5.41) is 2.82. The Morgan fingerprint density at radius 3 is 2.45 bits per heavy atom. The number of amides is 1. The Balaban J connectivity index is 1.72. The van der Waals surface area contributed by atoms with Gasteiger partial charge in [-0.3, -0.25) is 18.7 Å². The van der Waals surface area contributed by atoms with Crippen LogP contribution in [0.15, 0.2) is 55.4 Å². The van der Waals surface area contributed by atoms with Crippen LogP contribution < -0.4 is 21.3 Å². The third kappa shape index (κ3) is 4.78. The van der Waals surface area contributed by atoms with Crippen LogP contribution in [0, 0.1) is 6.92 Å². The quantitative estimate of drug-likeness (QED) is 0.524. The second-order valence-corrected chi connectivity index (χ2v) is 9.67. The van der Waals surface area contributed by atoms with Crippen LogP contribution in [-0.2, 0) is 28.9 Å². The highest BCUT2D eigenvalue weighted by molar-refractivity contribution is 9.10. The Bertz CT molecular complexity index is 1410. The molecule has 0 radical (unpaired) electrons. The summed E-state index contributed by atoms with van der Waals surface area (Å²) in [4.78, 5) is 36.4. The average molecular weight is 509 g/mol. The minimum Gasteiger partial charge on any atom is -0.326 e. The second-order valence-electron chi connectivity index (χ2n) is 7.04. The van der Waals surface area contributed by atoms with Gasteiger partial charge in [0.2, 0.25) is 15.9 Å². The van der Waals surface area contributed by atoms with Crippen LogP contribution in [0.2, 0.25) is 0 Å². The van der Waals surface area contributed by atoms with Gasteiger partial charge in [0, 0.05) is 37.2 Å². The van der Waals surface area contributed by atoms with E-state index in [2.05, 4.69) is 26.0 Å². The number of hydrogen-bond acceptors (Lipinski definition) is 5. The standard InChI is InChI=1S/C20H21BrN4O5S/c1-12-10-13(4-6-16(12)21)23-18(26)8-9-22-31(29,30)14-5-7-17-15(11-14)19(27)25(3)20(28)24(17)2/h4-7,10-11,22H,8-9H2,1-3H3,(H,23,26). The van der Waals surface area contributed by atoms with Gasteiger partial charge in [0.15, 0.2) is 0 Å². The number of anilines is 1. The summed E-state index contributed by atoms with van der Waals surface area (Å²) in [6.45, 7) is 1.77.